The minimum Gasteiger partial charge on any atom is -0.346 e. The highest BCUT2D eigenvalue weighted by Crippen LogP contribution is 2.25. The summed E-state index contributed by atoms with van der Waals surface area (Å²) < 4.78 is 1.78. The number of halogens is 1. The maximum absolute atomic E-state index is 12.8. The second-order valence-electron chi connectivity index (χ2n) is 7.00. The van der Waals surface area contributed by atoms with Gasteiger partial charge in [0.05, 0.1) is 40.4 Å². The molecule has 3 rings (SSSR count). The van der Waals surface area contributed by atoms with E-state index in [1.54, 1.807) is 22.2 Å². The summed E-state index contributed by atoms with van der Waals surface area (Å²) in [5, 5.41) is 11.1. The van der Waals surface area contributed by atoms with Gasteiger partial charge in [0.15, 0.2) is 0 Å². The molecule has 2 aromatic heterocycles. The SMILES string of the molecule is CC(C)c1nc(CNC(=O)c2cnn(-c3cccc(Cl)c3)c2C(C)C)cs1. The normalized spacial score (nSPS) is 11.4. The number of benzene rings is 1. The number of amides is 1. The molecule has 5 nitrogen and oxygen atoms in total. The predicted molar refractivity (Wildman–Crippen MR) is 110 cm³/mol. The first-order valence-electron chi connectivity index (χ1n) is 8.93. The lowest BCUT2D eigenvalue weighted by Crippen LogP contribution is -2.24. The Morgan fingerprint density at radius 1 is 1.26 bits per heavy atom. The van der Waals surface area contributed by atoms with Crippen LogP contribution >= 0.6 is 22.9 Å². The maximum atomic E-state index is 12.8. The molecule has 0 aliphatic carbocycles. The second-order valence-corrected chi connectivity index (χ2v) is 8.33. The summed E-state index contributed by atoms with van der Waals surface area (Å²) in [4.78, 5) is 17.3. The van der Waals surface area contributed by atoms with E-state index in [0.29, 0.717) is 23.0 Å². The largest absolute Gasteiger partial charge is 0.346 e. The minimum atomic E-state index is -0.147. The van der Waals surface area contributed by atoms with E-state index in [2.05, 4.69) is 29.2 Å². The van der Waals surface area contributed by atoms with Gasteiger partial charge in [-0.3, -0.25) is 4.79 Å². The van der Waals surface area contributed by atoms with Crippen molar-refractivity contribution >= 4 is 28.8 Å². The van der Waals surface area contributed by atoms with Crippen LogP contribution in [0.4, 0.5) is 0 Å². The first kappa shape index (κ1) is 19.6. The van der Waals surface area contributed by atoms with Gasteiger partial charge in [0.1, 0.15) is 0 Å². The molecule has 27 heavy (non-hydrogen) atoms. The van der Waals surface area contributed by atoms with E-state index in [1.165, 1.54) is 0 Å². The lowest BCUT2D eigenvalue weighted by Gasteiger charge is -2.13. The lowest BCUT2D eigenvalue weighted by atomic mass is 10.0. The van der Waals surface area contributed by atoms with Gasteiger partial charge in [-0.25, -0.2) is 9.67 Å². The Morgan fingerprint density at radius 2 is 2.04 bits per heavy atom. The fraction of sp³-hybridized carbons (Fsp3) is 0.350. The topological polar surface area (TPSA) is 59.8 Å². The number of hydrogen-bond acceptors (Lipinski definition) is 4. The van der Waals surface area contributed by atoms with Gasteiger partial charge >= 0.3 is 0 Å². The first-order valence-corrected chi connectivity index (χ1v) is 10.2. The van der Waals surface area contributed by atoms with Gasteiger partial charge in [0, 0.05) is 16.3 Å². The van der Waals surface area contributed by atoms with Crippen molar-refractivity contribution in [2.45, 2.75) is 46.1 Å². The molecule has 0 spiro atoms. The van der Waals surface area contributed by atoms with Crippen molar-refractivity contribution in [3.63, 3.8) is 0 Å². The molecular formula is C20H23ClN4OS. The van der Waals surface area contributed by atoms with Gasteiger partial charge < -0.3 is 5.32 Å². The maximum Gasteiger partial charge on any atom is 0.255 e. The summed E-state index contributed by atoms with van der Waals surface area (Å²) in [6.07, 6.45) is 1.62. The van der Waals surface area contributed by atoms with Gasteiger partial charge in [-0.05, 0) is 24.1 Å². The zero-order valence-electron chi connectivity index (χ0n) is 15.9. The summed E-state index contributed by atoms with van der Waals surface area (Å²) in [6, 6.07) is 7.45. The standard InChI is InChI=1S/C20H23ClN4OS/c1-12(2)18-17(10-23-25(18)16-7-5-6-14(21)8-16)19(26)22-9-15-11-27-20(24-15)13(3)4/h5-8,10-13H,9H2,1-4H3,(H,22,26). The number of aromatic nitrogens is 3. The quantitative estimate of drug-likeness (QED) is 0.619. The Balaban J connectivity index is 1.82. The van der Waals surface area contributed by atoms with Crippen molar-refractivity contribution in [2.24, 2.45) is 0 Å². The molecule has 0 fully saturated rings. The zero-order valence-corrected chi connectivity index (χ0v) is 17.4. The predicted octanol–water partition coefficient (Wildman–Crippen LogP) is 5.16. The molecule has 2 heterocycles. The third-order valence-electron chi connectivity index (χ3n) is 4.14. The summed E-state index contributed by atoms with van der Waals surface area (Å²) in [5.74, 6) is 0.369. The van der Waals surface area contributed by atoms with E-state index in [-0.39, 0.29) is 11.8 Å². The Bertz CT molecular complexity index is 945. The van der Waals surface area contributed by atoms with E-state index in [9.17, 15) is 4.79 Å². The molecule has 0 radical (unpaired) electrons. The summed E-state index contributed by atoms with van der Waals surface area (Å²) in [7, 11) is 0. The minimum absolute atomic E-state index is 0.124. The third kappa shape index (κ3) is 4.39. The van der Waals surface area contributed by atoms with Gasteiger partial charge in [-0.15, -0.1) is 11.3 Å². The molecular weight excluding hydrogens is 380 g/mol. The molecule has 142 valence electrons. The van der Waals surface area contributed by atoms with E-state index in [0.717, 1.165) is 22.1 Å². The Morgan fingerprint density at radius 3 is 2.67 bits per heavy atom. The van der Waals surface area contributed by atoms with Crippen LogP contribution in [0.15, 0.2) is 35.8 Å². The van der Waals surface area contributed by atoms with Crippen molar-refractivity contribution in [1.82, 2.24) is 20.1 Å². The molecule has 0 atom stereocenters. The van der Waals surface area contributed by atoms with Crippen LogP contribution in [0.3, 0.4) is 0 Å². The highest BCUT2D eigenvalue weighted by Gasteiger charge is 2.21. The Labute approximate surface area is 168 Å². The molecule has 0 unspecified atom stereocenters. The highest BCUT2D eigenvalue weighted by molar-refractivity contribution is 7.09. The van der Waals surface area contributed by atoms with Crippen LogP contribution in [0.2, 0.25) is 5.02 Å². The number of rotatable bonds is 6. The van der Waals surface area contributed by atoms with Crippen LogP contribution in [-0.2, 0) is 6.54 Å². The smallest absolute Gasteiger partial charge is 0.255 e. The third-order valence-corrected chi connectivity index (χ3v) is 5.57. The number of nitrogens with one attached hydrogen (secondary N) is 1. The average Bonchev–Trinajstić information content (AvgIpc) is 3.27. The van der Waals surface area contributed by atoms with Crippen molar-refractivity contribution in [3.8, 4) is 5.69 Å². The summed E-state index contributed by atoms with van der Waals surface area (Å²) >= 11 is 7.74. The molecule has 7 heteroatoms. The second kappa shape index (κ2) is 8.23. The van der Waals surface area contributed by atoms with E-state index in [1.807, 2.05) is 43.5 Å². The van der Waals surface area contributed by atoms with E-state index < -0.39 is 0 Å². The van der Waals surface area contributed by atoms with Crippen molar-refractivity contribution in [3.05, 3.63) is 62.8 Å². The Kier molecular flexibility index (Phi) is 5.97. The summed E-state index contributed by atoms with van der Waals surface area (Å²) in [5.41, 5.74) is 3.15. The number of hydrogen-bond donors (Lipinski definition) is 1. The van der Waals surface area contributed by atoms with Crippen LogP contribution < -0.4 is 5.32 Å². The lowest BCUT2D eigenvalue weighted by molar-refractivity contribution is 0.0949. The van der Waals surface area contributed by atoms with Crippen molar-refractivity contribution in [1.29, 1.82) is 0 Å². The Hall–Kier alpha value is -2.18. The molecule has 0 saturated carbocycles. The monoisotopic (exact) mass is 402 g/mol. The fourth-order valence-corrected chi connectivity index (χ4v) is 3.86. The van der Waals surface area contributed by atoms with Crippen LogP contribution in [0.1, 0.15) is 66.3 Å². The van der Waals surface area contributed by atoms with Gasteiger partial charge in [-0.1, -0.05) is 45.4 Å². The van der Waals surface area contributed by atoms with Crippen molar-refractivity contribution < 1.29 is 4.79 Å². The van der Waals surface area contributed by atoms with Crippen LogP contribution in [0.25, 0.3) is 5.69 Å². The van der Waals surface area contributed by atoms with E-state index in [4.69, 9.17) is 11.6 Å². The van der Waals surface area contributed by atoms with Crippen LogP contribution in [-0.4, -0.2) is 20.7 Å². The van der Waals surface area contributed by atoms with Crippen molar-refractivity contribution in [2.75, 3.05) is 0 Å². The molecule has 1 aromatic carbocycles. The molecule has 3 aromatic rings. The van der Waals surface area contributed by atoms with Crippen LogP contribution in [0, 0.1) is 0 Å². The first-order chi connectivity index (χ1) is 12.9. The van der Waals surface area contributed by atoms with E-state index >= 15 is 0 Å². The summed E-state index contributed by atoms with van der Waals surface area (Å²) in [6.45, 7) is 8.72. The average molecular weight is 403 g/mol. The van der Waals surface area contributed by atoms with Gasteiger partial charge in [-0.2, -0.15) is 5.10 Å². The van der Waals surface area contributed by atoms with Gasteiger partial charge in [0.2, 0.25) is 0 Å². The fourth-order valence-electron chi connectivity index (χ4n) is 2.84. The number of carbonyl (C=O) groups excluding carboxylic acids is 1. The van der Waals surface area contributed by atoms with Gasteiger partial charge in [0.25, 0.3) is 5.91 Å². The zero-order chi connectivity index (χ0) is 19.6. The number of carbonyl (C=O) groups is 1. The molecule has 1 N–H and O–H groups in total. The molecule has 1 amide bonds. The number of nitrogens with zero attached hydrogens (tertiary/aromatic N) is 3. The molecule has 0 aliphatic heterocycles. The molecule has 0 saturated heterocycles. The number of thiazole rings is 1. The molecule has 0 bridgehead atoms. The molecule has 0 aliphatic rings. The highest BCUT2D eigenvalue weighted by atomic mass is 35.5. The van der Waals surface area contributed by atoms with Crippen LogP contribution in [0.5, 0.6) is 0 Å².